The van der Waals surface area contributed by atoms with E-state index >= 15 is 0 Å². The predicted octanol–water partition coefficient (Wildman–Crippen LogP) is 2.73. The molecule has 1 heterocycles. The van der Waals surface area contributed by atoms with Crippen LogP contribution < -0.4 is 19.7 Å². The van der Waals surface area contributed by atoms with Gasteiger partial charge in [-0.15, -0.1) is 6.42 Å². The second-order valence-electron chi connectivity index (χ2n) is 6.00. The number of halogens is 1. The smallest absolute Gasteiger partial charge is 0.335 e. The van der Waals surface area contributed by atoms with Crippen molar-refractivity contribution < 1.29 is 29.0 Å². The number of phenols is 1. The number of nitrogens with zero attached hydrogens (tertiary/aromatic N) is 1. The standard InChI is InChI=1S/C21H15ClN2O6/c1-3-8-30-18-16(22)10-12(11-17(18)29-2)9-15-19(26)23-21(28)24(20(15)27)13-4-6-14(25)7-5-13/h1,4-7,9-11,25H,8H2,2H3,(H,23,26,28)/b15-9+. The largest absolute Gasteiger partial charge is 0.508 e. The predicted molar refractivity (Wildman–Crippen MR) is 109 cm³/mol. The number of carbonyl (C=O) groups excluding carboxylic acids is 3. The van der Waals surface area contributed by atoms with Gasteiger partial charge in [-0.3, -0.25) is 14.9 Å². The van der Waals surface area contributed by atoms with Crippen molar-refractivity contribution in [3.05, 3.63) is 52.6 Å². The van der Waals surface area contributed by atoms with Crippen LogP contribution in [0.4, 0.5) is 10.5 Å². The first kappa shape index (κ1) is 20.8. The van der Waals surface area contributed by atoms with E-state index in [0.29, 0.717) is 5.56 Å². The molecule has 0 bridgehead atoms. The van der Waals surface area contributed by atoms with Crippen molar-refractivity contribution in [3.8, 4) is 29.6 Å². The van der Waals surface area contributed by atoms with Gasteiger partial charge < -0.3 is 14.6 Å². The minimum atomic E-state index is -0.901. The maximum Gasteiger partial charge on any atom is 0.335 e. The lowest BCUT2D eigenvalue weighted by atomic mass is 10.1. The number of amides is 4. The quantitative estimate of drug-likeness (QED) is 0.432. The molecule has 2 N–H and O–H groups in total. The molecule has 4 amide bonds. The zero-order valence-corrected chi connectivity index (χ0v) is 16.4. The van der Waals surface area contributed by atoms with E-state index in [0.717, 1.165) is 4.90 Å². The lowest BCUT2D eigenvalue weighted by Gasteiger charge is -2.26. The SMILES string of the molecule is C#CCOc1c(Cl)cc(/C=C2\C(=O)NC(=O)N(c3ccc(O)cc3)C2=O)cc1OC. The summed E-state index contributed by atoms with van der Waals surface area (Å²) in [5, 5.41) is 11.7. The van der Waals surface area contributed by atoms with Gasteiger partial charge in [0.05, 0.1) is 17.8 Å². The summed E-state index contributed by atoms with van der Waals surface area (Å²) >= 11 is 6.23. The molecule has 0 saturated carbocycles. The van der Waals surface area contributed by atoms with Gasteiger partial charge in [-0.1, -0.05) is 17.5 Å². The molecule has 0 spiro atoms. The maximum absolute atomic E-state index is 12.9. The van der Waals surface area contributed by atoms with Gasteiger partial charge in [-0.05, 0) is 48.0 Å². The summed E-state index contributed by atoms with van der Waals surface area (Å²) in [6.07, 6.45) is 6.46. The minimum Gasteiger partial charge on any atom is -0.508 e. The Morgan fingerprint density at radius 2 is 1.93 bits per heavy atom. The van der Waals surface area contributed by atoms with Crippen LogP contribution >= 0.6 is 11.6 Å². The number of carbonyl (C=O) groups is 3. The van der Waals surface area contributed by atoms with E-state index in [1.807, 2.05) is 0 Å². The van der Waals surface area contributed by atoms with Gasteiger partial charge in [0.1, 0.15) is 17.9 Å². The first-order valence-electron chi connectivity index (χ1n) is 8.50. The number of imide groups is 2. The number of hydrogen-bond donors (Lipinski definition) is 2. The third-order valence-corrected chi connectivity index (χ3v) is 4.35. The molecule has 1 aliphatic rings. The van der Waals surface area contributed by atoms with Crippen molar-refractivity contribution in [3.63, 3.8) is 0 Å². The topological polar surface area (TPSA) is 105 Å². The molecule has 30 heavy (non-hydrogen) atoms. The number of rotatable bonds is 5. The van der Waals surface area contributed by atoms with E-state index in [1.165, 1.54) is 49.6 Å². The highest BCUT2D eigenvalue weighted by molar-refractivity contribution is 6.39. The molecule has 1 saturated heterocycles. The summed E-state index contributed by atoms with van der Waals surface area (Å²) in [4.78, 5) is 38.2. The number of nitrogens with one attached hydrogen (secondary N) is 1. The number of barbiturate groups is 1. The van der Waals surface area contributed by atoms with Crippen molar-refractivity contribution in [1.29, 1.82) is 0 Å². The van der Waals surface area contributed by atoms with E-state index in [1.54, 1.807) is 0 Å². The number of aromatic hydroxyl groups is 1. The molecule has 0 aromatic heterocycles. The van der Waals surface area contributed by atoms with Crippen LogP contribution in [0.15, 0.2) is 42.0 Å². The van der Waals surface area contributed by atoms with Crippen molar-refractivity contribution in [2.45, 2.75) is 0 Å². The van der Waals surface area contributed by atoms with E-state index in [4.69, 9.17) is 27.5 Å². The first-order chi connectivity index (χ1) is 14.3. The number of phenolic OH excluding ortho intramolecular Hbond substituents is 1. The lowest BCUT2D eigenvalue weighted by Crippen LogP contribution is -2.54. The molecular weight excluding hydrogens is 412 g/mol. The Labute approximate surface area is 176 Å². The Balaban J connectivity index is 2.01. The zero-order chi connectivity index (χ0) is 21.8. The van der Waals surface area contributed by atoms with Gasteiger partial charge >= 0.3 is 6.03 Å². The lowest BCUT2D eigenvalue weighted by molar-refractivity contribution is -0.122. The summed E-state index contributed by atoms with van der Waals surface area (Å²) in [6.45, 7) is -0.0267. The molecular formula is C21H15ClN2O6. The van der Waals surface area contributed by atoms with Crippen LogP contribution in [-0.2, 0) is 9.59 Å². The number of benzene rings is 2. The molecule has 152 valence electrons. The van der Waals surface area contributed by atoms with Crippen LogP contribution in [-0.4, -0.2) is 36.7 Å². The fourth-order valence-electron chi connectivity index (χ4n) is 2.74. The van der Waals surface area contributed by atoms with Gasteiger partial charge in [0.25, 0.3) is 11.8 Å². The summed E-state index contributed by atoms with van der Waals surface area (Å²) in [5.74, 6) is 1.06. The van der Waals surface area contributed by atoms with Gasteiger partial charge in [0.2, 0.25) is 0 Å². The second-order valence-corrected chi connectivity index (χ2v) is 6.41. The number of urea groups is 1. The van der Waals surface area contributed by atoms with E-state index in [2.05, 4.69) is 11.2 Å². The Bertz CT molecular complexity index is 1100. The highest BCUT2D eigenvalue weighted by atomic mass is 35.5. The molecule has 8 nitrogen and oxygen atoms in total. The summed E-state index contributed by atoms with van der Waals surface area (Å²) < 4.78 is 10.6. The van der Waals surface area contributed by atoms with Gasteiger partial charge in [-0.25, -0.2) is 9.69 Å². The third kappa shape index (κ3) is 4.06. The van der Waals surface area contributed by atoms with Crippen molar-refractivity contribution >= 4 is 41.2 Å². The second kappa shape index (κ2) is 8.59. The van der Waals surface area contributed by atoms with Crippen LogP contribution in [0.3, 0.4) is 0 Å². The molecule has 2 aromatic rings. The molecule has 0 radical (unpaired) electrons. The van der Waals surface area contributed by atoms with Crippen LogP contribution in [0.5, 0.6) is 17.2 Å². The number of methoxy groups -OCH3 is 1. The highest BCUT2D eigenvalue weighted by Gasteiger charge is 2.36. The molecule has 3 rings (SSSR count). The van der Waals surface area contributed by atoms with Crippen LogP contribution in [0.2, 0.25) is 5.02 Å². The number of terminal acetylenes is 1. The Hall–Kier alpha value is -3.96. The van der Waals surface area contributed by atoms with Crippen LogP contribution in [0.1, 0.15) is 5.56 Å². The summed E-state index contributed by atoms with van der Waals surface area (Å²) in [7, 11) is 1.40. The summed E-state index contributed by atoms with van der Waals surface area (Å²) in [5.41, 5.74) is 0.254. The van der Waals surface area contributed by atoms with E-state index in [9.17, 15) is 19.5 Å². The van der Waals surface area contributed by atoms with Gasteiger partial charge in [0, 0.05) is 0 Å². The first-order valence-corrected chi connectivity index (χ1v) is 8.87. The van der Waals surface area contributed by atoms with Crippen molar-refractivity contribution in [2.75, 3.05) is 18.6 Å². The average Bonchev–Trinajstić information content (AvgIpc) is 2.71. The average molecular weight is 427 g/mol. The molecule has 0 unspecified atom stereocenters. The maximum atomic E-state index is 12.9. The molecule has 0 atom stereocenters. The minimum absolute atomic E-state index is 0.0267. The van der Waals surface area contributed by atoms with Crippen molar-refractivity contribution in [1.82, 2.24) is 5.32 Å². The third-order valence-electron chi connectivity index (χ3n) is 4.07. The monoisotopic (exact) mass is 426 g/mol. The number of ether oxygens (including phenoxy) is 2. The fraction of sp³-hybridized carbons (Fsp3) is 0.0952. The summed E-state index contributed by atoms with van der Waals surface area (Å²) in [6, 6.07) is 7.44. The fourth-order valence-corrected chi connectivity index (χ4v) is 3.01. The highest BCUT2D eigenvalue weighted by Crippen LogP contribution is 2.37. The molecule has 1 fully saturated rings. The Kier molecular flexibility index (Phi) is 5.95. The normalized spacial score (nSPS) is 15.0. The van der Waals surface area contributed by atoms with Crippen molar-refractivity contribution in [2.24, 2.45) is 0 Å². The van der Waals surface area contributed by atoms with E-state index in [-0.39, 0.29) is 40.1 Å². The van der Waals surface area contributed by atoms with Gasteiger partial charge in [0.15, 0.2) is 11.5 Å². The van der Waals surface area contributed by atoms with E-state index < -0.39 is 17.8 Å². The zero-order valence-electron chi connectivity index (χ0n) is 15.6. The molecule has 2 aromatic carbocycles. The van der Waals surface area contributed by atoms with Crippen LogP contribution in [0, 0.1) is 12.3 Å². The Morgan fingerprint density at radius 1 is 1.23 bits per heavy atom. The molecule has 1 aliphatic heterocycles. The Morgan fingerprint density at radius 3 is 2.57 bits per heavy atom. The molecule has 9 heteroatoms. The van der Waals surface area contributed by atoms with Gasteiger partial charge in [-0.2, -0.15) is 0 Å². The van der Waals surface area contributed by atoms with Crippen LogP contribution in [0.25, 0.3) is 6.08 Å². The number of hydrogen-bond acceptors (Lipinski definition) is 6. The molecule has 0 aliphatic carbocycles. The number of anilines is 1.